The molecule has 0 radical (unpaired) electrons. The number of benzene rings is 2. The van der Waals surface area contributed by atoms with Crippen molar-refractivity contribution in [3.8, 4) is 0 Å². The molecule has 0 saturated carbocycles. The van der Waals surface area contributed by atoms with Gasteiger partial charge in [-0.05, 0) is 50.1 Å². The van der Waals surface area contributed by atoms with Crippen molar-refractivity contribution in [3.63, 3.8) is 0 Å². The van der Waals surface area contributed by atoms with Crippen molar-refractivity contribution in [2.45, 2.75) is 24.7 Å². The Labute approximate surface area is 146 Å². The van der Waals surface area contributed by atoms with E-state index in [0.717, 1.165) is 10.9 Å². The molecule has 1 N–H and O–H groups in total. The van der Waals surface area contributed by atoms with E-state index in [0.29, 0.717) is 29.1 Å². The molecule has 2 aromatic carbocycles. The zero-order valence-electron chi connectivity index (χ0n) is 13.2. The maximum atomic E-state index is 13.2. The summed E-state index contributed by atoms with van der Waals surface area (Å²) in [7, 11) is -3.74. The lowest BCUT2D eigenvalue weighted by Crippen LogP contribution is -2.16. The Bertz CT molecular complexity index is 975. The monoisotopic (exact) mass is 363 g/mol. The molecule has 0 aliphatic rings. The molecular weight excluding hydrogens is 346 g/mol. The van der Waals surface area contributed by atoms with Crippen LogP contribution in [0.3, 0.4) is 0 Å². The van der Waals surface area contributed by atoms with E-state index >= 15 is 0 Å². The molecule has 126 valence electrons. The zero-order chi connectivity index (χ0) is 17.3. The average Bonchev–Trinajstić information content (AvgIpc) is 2.91. The van der Waals surface area contributed by atoms with Gasteiger partial charge in [-0.1, -0.05) is 35.4 Å². The van der Waals surface area contributed by atoms with Crippen molar-refractivity contribution in [1.82, 2.24) is 3.97 Å². The smallest absolute Gasteiger partial charge is 0.268 e. The van der Waals surface area contributed by atoms with Crippen LogP contribution in [0.25, 0.3) is 10.9 Å². The van der Waals surface area contributed by atoms with Crippen molar-refractivity contribution in [2.24, 2.45) is 0 Å². The topological polar surface area (TPSA) is 59.3 Å². The number of hydrogen-bond donors (Lipinski definition) is 1. The summed E-state index contributed by atoms with van der Waals surface area (Å²) in [6, 6.07) is 13.8. The minimum absolute atomic E-state index is 0.00681. The third-order valence-electron chi connectivity index (χ3n) is 3.94. The molecule has 24 heavy (non-hydrogen) atoms. The number of nitrogens with zero attached hydrogens (tertiary/aromatic N) is 1. The van der Waals surface area contributed by atoms with Crippen molar-refractivity contribution in [3.05, 3.63) is 64.8 Å². The third kappa shape index (κ3) is 3.07. The fourth-order valence-corrected chi connectivity index (χ4v) is 4.47. The summed E-state index contributed by atoms with van der Waals surface area (Å²) in [6.45, 7) is 1.92. The van der Waals surface area contributed by atoms with E-state index in [2.05, 4.69) is 0 Å². The molecular formula is C18H18ClNO3S. The quantitative estimate of drug-likeness (QED) is 0.750. The van der Waals surface area contributed by atoms with Crippen LogP contribution in [0, 0.1) is 6.92 Å². The summed E-state index contributed by atoms with van der Waals surface area (Å²) in [4.78, 5) is 0.232. The van der Waals surface area contributed by atoms with E-state index < -0.39 is 10.0 Å². The third-order valence-corrected chi connectivity index (χ3v) is 5.96. The summed E-state index contributed by atoms with van der Waals surface area (Å²) in [5, 5.41) is 10.4. The van der Waals surface area contributed by atoms with Crippen LogP contribution in [0.4, 0.5) is 0 Å². The van der Waals surface area contributed by atoms with Gasteiger partial charge in [-0.15, -0.1) is 0 Å². The number of aryl methyl sites for hydroxylation is 2. The van der Waals surface area contributed by atoms with Gasteiger partial charge in [0.25, 0.3) is 10.0 Å². The van der Waals surface area contributed by atoms with Crippen LogP contribution < -0.4 is 0 Å². The van der Waals surface area contributed by atoms with Crippen LogP contribution in [0.15, 0.2) is 53.4 Å². The fraction of sp³-hybridized carbons (Fsp3) is 0.222. The number of halogens is 1. The second kappa shape index (κ2) is 6.59. The first-order chi connectivity index (χ1) is 11.4. The molecule has 0 amide bonds. The Morgan fingerprint density at radius 2 is 1.79 bits per heavy atom. The maximum absolute atomic E-state index is 13.2. The Kier molecular flexibility index (Phi) is 4.67. The Balaban J connectivity index is 2.25. The van der Waals surface area contributed by atoms with Crippen molar-refractivity contribution < 1.29 is 13.5 Å². The average molecular weight is 364 g/mol. The van der Waals surface area contributed by atoms with E-state index in [1.54, 1.807) is 42.5 Å². The summed E-state index contributed by atoms with van der Waals surface area (Å²) in [5.41, 5.74) is 2.19. The van der Waals surface area contributed by atoms with Crippen LogP contribution in [-0.4, -0.2) is 24.1 Å². The highest BCUT2D eigenvalue weighted by Crippen LogP contribution is 2.28. The van der Waals surface area contributed by atoms with Gasteiger partial charge in [0.15, 0.2) is 0 Å². The van der Waals surface area contributed by atoms with E-state index in [9.17, 15) is 8.42 Å². The summed E-state index contributed by atoms with van der Waals surface area (Å²) in [6.07, 6.45) is 0.960. The van der Waals surface area contributed by atoms with E-state index in [1.807, 2.05) is 13.0 Å². The van der Waals surface area contributed by atoms with Gasteiger partial charge in [0.1, 0.15) is 0 Å². The molecule has 3 aromatic rings. The van der Waals surface area contributed by atoms with Crippen molar-refractivity contribution >= 4 is 32.5 Å². The Hall–Kier alpha value is -1.82. The lowest BCUT2D eigenvalue weighted by atomic mass is 10.2. The first-order valence-corrected chi connectivity index (χ1v) is 9.48. The lowest BCUT2D eigenvalue weighted by Gasteiger charge is -2.12. The molecule has 1 heterocycles. The van der Waals surface area contributed by atoms with Gasteiger partial charge in [-0.25, -0.2) is 12.4 Å². The van der Waals surface area contributed by atoms with Crippen LogP contribution in [-0.2, 0) is 16.4 Å². The van der Waals surface area contributed by atoms with Gasteiger partial charge in [-0.2, -0.15) is 0 Å². The highest BCUT2D eigenvalue weighted by molar-refractivity contribution is 7.90. The normalized spacial score (nSPS) is 12.0. The Morgan fingerprint density at radius 1 is 1.08 bits per heavy atom. The first-order valence-electron chi connectivity index (χ1n) is 7.66. The van der Waals surface area contributed by atoms with Crippen LogP contribution in [0.2, 0.25) is 5.02 Å². The van der Waals surface area contributed by atoms with Crippen molar-refractivity contribution in [2.75, 3.05) is 6.61 Å². The lowest BCUT2D eigenvalue weighted by molar-refractivity contribution is 0.288. The highest BCUT2D eigenvalue weighted by atomic mass is 35.5. The molecule has 0 bridgehead atoms. The van der Waals surface area contributed by atoms with E-state index in [1.165, 1.54) is 3.97 Å². The summed E-state index contributed by atoms with van der Waals surface area (Å²) in [5.74, 6) is 0. The molecule has 4 nitrogen and oxygen atoms in total. The van der Waals surface area contributed by atoms with E-state index in [4.69, 9.17) is 16.7 Å². The molecule has 0 aliphatic heterocycles. The van der Waals surface area contributed by atoms with Crippen molar-refractivity contribution in [1.29, 1.82) is 0 Å². The van der Waals surface area contributed by atoms with Gasteiger partial charge in [-0.3, -0.25) is 0 Å². The van der Waals surface area contributed by atoms with Crippen LogP contribution in [0.1, 0.15) is 17.7 Å². The number of aliphatic hydroxyl groups is 1. The molecule has 6 heteroatoms. The van der Waals surface area contributed by atoms with Gasteiger partial charge in [0.05, 0.1) is 10.4 Å². The molecule has 0 aliphatic carbocycles. The minimum atomic E-state index is -3.74. The zero-order valence-corrected chi connectivity index (χ0v) is 14.8. The second-order valence-electron chi connectivity index (χ2n) is 5.75. The maximum Gasteiger partial charge on any atom is 0.268 e. The highest BCUT2D eigenvalue weighted by Gasteiger charge is 2.23. The van der Waals surface area contributed by atoms with Crippen LogP contribution in [0.5, 0.6) is 0 Å². The van der Waals surface area contributed by atoms with Gasteiger partial charge >= 0.3 is 0 Å². The number of aromatic nitrogens is 1. The number of hydrogen-bond acceptors (Lipinski definition) is 3. The number of rotatable bonds is 5. The molecule has 1 aromatic heterocycles. The Morgan fingerprint density at radius 3 is 2.46 bits per heavy atom. The molecule has 0 unspecified atom stereocenters. The van der Waals surface area contributed by atoms with Crippen LogP contribution >= 0.6 is 11.6 Å². The predicted octanol–water partition coefficient (Wildman–Crippen LogP) is 3.77. The molecule has 3 rings (SSSR count). The molecule has 0 saturated heterocycles. The second-order valence-corrected chi connectivity index (χ2v) is 7.97. The SMILES string of the molecule is Cc1ccc(S(=O)(=O)n2c(CCCO)cc3ccc(Cl)cc32)cc1. The minimum Gasteiger partial charge on any atom is -0.396 e. The largest absolute Gasteiger partial charge is 0.396 e. The van der Waals surface area contributed by atoms with Gasteiger partial charge < -0.3 is 5.11 Å². The number of fused-ring (bicyclic) bond motifs is 1. The van der Waals surface area contributed by atoms with E-state index in [-0.39, 0.29) is 11.5 Å². The summed E-state index contributed by atoms with van der Waals surface area (Å²) >= 11 is 6.07. The van der Waals surface area contributed by atoms with Gasteiger partial charge in [0, 0.05) is 22.7 Å². The predicted molar refractivity (Wildman–Crippen MR) is 96.1 cm³/mol. The molecule has 0 fully saturated rings. The number of aliphatic hydroxyl groups excluding tert-OH is 1. The fourth-order valence-electron chi connectivity index (χ4n) is 2.74. The molecule has 0 atom stereocenters. The standard InChI is InChI=1S/C18H18ClNO3S/c1-13-4-8-17(9-5-13)24(22,23)20-16(3-2-10-21)11-14-6-7-15(19)12-18(14)20/h4-9,11-12,21H,2-3,10H2,1H3. The van der Waals surface area contributed by atoms with Gasteiger partial charge in [0.2, 0.25) is 0 Å². The molecule has 0 spiro atoms. The first kappa shape index (κ1) is 17.0. The summed E-state index contributed by atoms with van der Waals surface area (Å²) < 4.78 is 27.7.